The third kappa shape index (κ3) is 2.84. The zero-order chi connectivity index (χ0) is 16.6. The first-order valence-corrected chi connectivity index (χ1v) is 7.75. The molecule has 2 aromatic rings. The molecular formula is C18H21N3O2. The van der Waals surface area contributed by atoms with Crippen LogP contribution in [0.2, 0.25) is 0 Å². The van der Waals surface area contributed by atoms with Crippen molar-refractivity contribution in [1.29, 1.82) is 0 Å². The number of amides is 1. The minimum absolute atomic E-state index is 0.00587. The zero-order valence-electron chi connectivity index (χ0n) is 14.0. The molecule has 0 saturated heterocycles. The highest BCUT2D eigenvalue weighted by atomic mass is 16.5. The minimum atomic E-state index is -0.118. The van der Waals surface area contributed by atoms with Crippen molar-refractivity contribution >= 4 is 11.6 Å². The van der Waals surface area contributed by atoms with Gasteiger partial charge in [0.1, 0.15) is 5.69 Å². The first kappa shape index (κ1) is 15.6. The number of carbonyl (C=O) groups is 1. The van der Waals surface area contributed by atoms with E-state index in [9.17, 15) is 4.79 Å². The standard InChI is InChI=1S/C18H21N3O2/c1-11-12(2)20-17(13(3)19-11)18(22)21-10-15(23-4)9-14-7-5-6-8-16(14)21/h5-8,15H,9-10H2,1-4H3. The lowest BCUT2D eigenvalue weighted by Crippen LogP contribution is -2.44. The van der Waals surface area contributed by atoms with Gasteiger partial charge in [-0.15, -0.1) is 0 Å². The van der Waals surface area contributed by atoms with Gasteiger partial charge in [-0.2, -0.15) is 0 Å². The van der Waals surface area contributed by atoms with Crippen LogP contribution in [-0.2, 0) is 11.2 Å². The molecule has 120 valence electrons. The number of rotatable bonds is 2. The topological polar surface area (TPSA) is 55.3 Å². The molecule has 0 aliphatic carbocycles. The maximum Gasteiger partial charge on any atom is 0.278 e. The Morgan fingerprint density at radius 2 is 1.83 bits per heavy atom. The highest BCUT2D eigenvalue weighted by Gasteiger charge is 2.30. The lowest BCUT2D eigenvalue weighted by atomic mass is 9.99. The first-order valence-electron chi connectivity index (χ1n) is 7.75. The van der Waals surface area contributed by atoms with E-state index < -0.39 is 0 Å². The highest BCUT2D eigenvalue weighted by molar-refractivity contribution is 6.06. The van der Waals surface area contributed by atoms with Crippen molar-refractivity contribution in [2.24, 2.45) is 0 Å². The Morgan fingerprint density at radius 1 is 1.13 bits per heavy atom. The van der Waals surface area contributed by atoms with E-state index in [0.717, 1.165) is 29.1 Å². The smallest absolute Gasteiger partial charge is 0.278 e. The van der Waals surface area contributed by atoms with Gasteiger partial charge in [0.2, 0.25) is 0 Å². The molecule has 1 aromatic carbocycles. The number of para-hydroxylation sites is 1. The van der Waals surface area contributed by atoms with Gasteiger partial charge >= 0.3 is 0 Å². The summed E-state index contributed by atoms with van der Waals surface area (Å²) in [5.41, 5.74) is 4.77. The summed E-state index contributed by atoms with van der Waals surface area (Å²) >= 11 is 0. The van der Waals surface area contributed by atoms with E-state index in [-0.39, 0.29) is 12.0 Å². The number of nitrogens with zero attached hydrogens (tertiary/aromatic N) is 3. The Kier molecular flexibility index (Phi) is 4.13. The Morgan fingerprint density at radius 3 is 2.57 bits per heavy atom. The number of aromatic nitrogens is 2. The van der Waals surface area contributed by atoms with Gasteiger partial charge in [-0.1, -0.05) is 18.2 Å². The summed E-state index contributed by atoms with van der Waals surface area (Å²) in [4.78, 5) is 23.8. The van der Waals surface area contributed by atoms with Crippen LogP contribution in [0.4, 0.5) is 5.69 Å². The van der Waals surface area contributed by atoms with Gasteiger partial charge in [0.15, 0.2) is 0 Å². The van der Waals surface area contributed by atoms with Crippen LogP contribution in [0.5, 0.6) is 0 Å². The van der Waals surface area contributed by atoms with Gasteiger partial charge in [-0.05, 0) is 32.4 Å². The number of hydrogen-bond acceptors (Lipinski definition) is 4. The fraction of sp³-hybridized carbons (Fsp3) is 0.389. The average molecular weight is 311 g/mol. The molecule has 3 rings (SSSR count). The van der Waals surface area contributed by atoms with Crippen LogP contribution in [0.25, 0.3) is 0 Å². The van der Waals surface area contributed by atoms with E-state index in [1.165, 1.54) is 0 Å². The summed E-state index contributed by atoms with van der Waals surface area (Å²) in [6.45, 7) is 6.14. The van der Waals surface area contributed by atoms with Crippen LogP contribution in [0.1, 0.15) is 33.1 Å². The van der Waals surface area contributed by atoms with Crippen molar-refractivity contribution in [3.63, 3.8) is 0 Å². The summed E-state index contributed by atoms with van der Waals surface area (Å²) in [7, 11) is 1.68. The molecule has 23 heavy (non-hydrogen) atoms. The number of carbonyl (C=O) groups excluding carboxylic acids is 1. The monoisotopic (exact) mass is 311 g/mol. The number of anilines is 1. The van der Waals surface area contributed by atoms with Crippen molar-refractivity contribution in [3.8, 4) is 0 Å². The molecule has 2 heterocycles. The number of hydrogen-bond donors (Lipinski definition) is 0. The van der Waals surface area contributed by atoms with E-state index in [1.54, 1.807) is 12.0 Å². The van der Waals surface area contributed by atoms with Crippen molar-refractivity contribution < 1.29 is 9.53 Å². The number of ether oxygens (including phenoxy) is 1. The van der Waals surface area contributed by atoms with Crippen LogP contribution in [0.15, 0.2) is 24.3 Å². The third-order valence-corrected chi connectivity index (χ3v) is 4.38. The van der Waals surface area contributed by atoms with E-state index in [0.29, 0.717) is 17.9 Å². The fourth-order valence-electron chi connectivity index (χ4n) is 2.95. The first-order chi connectivity index (χ1) is 11.0. The van der Waals surface area contributed by atoms with Crippen LogP contribution in [0.3, 0.4) is 0 Å². The van der Waals surface area contributed by atoms with Gasteiger partial charge in [0.25, 0.3) is 5.91 Å². The van der Waals surface area contributed by atoms with Crippen LogP contribution in [0, 0.1) is 20.8 Å². The molecule has 1 unspecified atom stereocenters. The molecule has 0 N–H and O–H groups in total. The van der Waals surface area contributed by atoms with Gasteiger partial charge in [0.05, 0.1) is 29.7 Å². The highest BCUT2D eigenvalue weighted by Crippen LogP contribution is 2.29. The third-order valence-electron chi connectivity index (χ3n) is 4.38. The molecule has 0 spiro atoms. The van der Waals surface area contributed by atoms with Crippen molar-refractivity contribution in [2.75, 3.05) is 18.6 Å². The zero-order valence-corrected chi connectivity index (χ0v) is 14.0. The summed E-state index contributed by atoms with van der Waals surface area (Å²) in [5, 5.41) is 0. The lowest BCUT2D eigenvalue weighted by Gasteiger charge is -2.34. The van der Waals surface area contributed by atoms with E-state index in [4.69, 9.17) is 4.74 Å². The summed E-state index contributed by atoms with van der Waals surface area (Å²) < 4.78 is 5.51. The quantitative estimate of drug-likeness (QED) is 0.855. The number of methoxy groups -OCH3 is 1. The molecular weight excluding hydrogens is 290 g/mol. The van der Waals surface area contributed by atoms with Crippen molar-refractivity contribution in [3.05, 3.63) is 52.6 Å². The predicted molar refractivity (Wildman–Crippen MR) is 88.9 cm³/mol. The molecule has 5 nitrogen and oxygen atoms in total. The summed E-state index contributed by atoms with van der Waals surface area (Å²) in [6, 6.07) is 7.95. The normalized spacial score (nSPS) is 17.0. The molecule has 1 aromatic heterocycles. The SMILES string of the molecule is COC1Cc2ccccc2N(C(=O)c2nc(C)c(C)nc2C)C1. The molecule has 5 heteroatoms. The molecule has 1 amide bonds. The lowest BCUT2D eigenvalue weighted by molar-refractivity contribution is 0.0865. The number of fused-ring (bicyclic) bond motifs is 1. The second-order valence-electron chi connectivity index (χ2n) is 5.93. The van der Waals surface area contributed by atoms with Gasteiger partial charge in [-0.3, -0.25) is 9.78 Å². The summed E-state index contributed by atoms with van der Waals surface area (Å²) in [6.07, 6.45) is 0.808. The molecule has 0 radical (unpaired) electrons. The van der Waals surface area contributed by atoms with Gasteiger partial charge in [-0.25, -0.2) is 4.98 Å². The molecule has 0 saturated carbocycles. The number of aryl methyl sites for hydroxylation is 3. The van der Waals surface area contributed by atoms with Gasteiger partial charge in [0, 0.05) is 19.2 Å². The van der Waals surface area contributed by atoms with Gasteiger partial charge < -0.3 is 9.64 Å². The molecule has 0 bridgehead atoms. The van der Waals surface area contributed by atoms with Crippen molar-refractivity contribution in [2.45, 2.75) is 33.3 Å². The Labute approximate surface area is 136 Å². The maximum atomic E-state index is 13.1. The molecule has 0 fully saturated rings. The van der Waals surface area contributed by atoms with Crippen LogP contribution >= 0.6 is 0 Å². The average Bonchev–Trinajstić information content (AvgIpc) is 2.56. The largest absolute Gasteiger partial charge is 0.379 e. The van der Waals surface area contributed by atoms with Crippen molar-refractivity contribution in [1.82, 2.24) is 9.97 Å². The van der Waals surface area contributed by atoms with Crippen LogP contribution in [-0.4, -0.2) is 35.6 Å². The van der Waals surface area contributed by atoms with E-state index >= 15 is 0 Å². The second kappa shape index (κ2) is 6.08. The maximum absolute atomic E-state index is 13.1. The molecule has 1 aliphatic heterocycles. The molecule has 1 atom stereocenters. The molecule has 1 aliphatic rings. The Hall–Kier alpha value is -2.27. The second-order valence-corrected chi connectivity index (χ2v) is 5.93. The number of benzene rings is 1. The Bertz CT molecular complexity index is 758. The minimum Gasteiger partial charge on any atom is -0.379 e. The van der Waals surface area contributed by atoms with E-state index in [2.05, 4.69) is 9.97 Å². The van der Waals surface area contributed by atoms with Crippen LogP contribution < -0.4 is 4.90 Å². The van der Waals surface area contributed by atoms with E-state index in [1.807, 2.05) is 45.0 Å². The summed E-state index contributed by atoms with van der Waals surface area (Å²) in [5.74, 6) is -0.118. The predicted octanol–water partition coefficient (Wildman–Crippen LogP) is 2.62. The fourth-order valence-corrected chi connectivity index (χ4v) is 2.95. The Balaban J connectivity index is 2.04.